The molecule has 2 heterocycles. The van der Waals surface area contributed by atoms with Crippen molar-refractivity contribution in [3.05, 3.63) is 12.3 Å². The van der Waals surface area contributed by atoms with E-state index in [2.05, 4.69) is 22.2 Å². The number of nitrogens with one attached hydrogen (secondary N) is 1. The molecule has 0 spiro atoms. The quantitative estimate of drug-likeness (QED) is 0.835. The molecule has 0 bridgehead atoms. The molecule has 1 unspecified atom stereocenters. The second-order valence-corrected chi connectivity index (χ2v) is 7.93. The molecule has 6 nitrogen and oxygen atoms in total. The van der Waals surface area contributed by atoms with Crippen molar-refractivity contribution in [1.82, 2.24) is 14.7 Å². The van der Waals surface area contributed by atoms with E-state index in [1.807, 2.05) is 10.7 Å². The SMILES string of the molecule is CC1(CN)CCN(CC(=O)Nc2ccnn2CC2CCCCC2)C1. The van der Waals surface area contributed by atoms with Gasteiger partial charge in [-0.2, -0.15) is 5.10 Å². The monoisotopic (exact) mass is 333 g/mol. The highest BCUT2D eigenvalue weighted by molar-refractivity contribution is 5.91. The Balaban J connectivity index is 1.51. The highest BCUT2D eigenvalue weighted by atomic mass is 16.2. The Morgan fingerprint density at radius 2 is 2.21 bits per heavy atom. The van der Waals surface area contributed by atoms with Crippen LogP contribution in [-0.2, 0) is 11.3 Å². The number of aromatic nitrogens is 2. The lowest BCUT2D eigenvalue weighted by Crippen LogP contribution is -2.35. The molecule has 24 heavy (non-hydrogen) atoms. The molecule has 3 rings (SSSR count). The number of nitrogens with zero attached hydrogens (tertiary/aromatic N) is 3. The summed E-state index contributed by atoms with van der Waals surface area (Å²) >= 11 is 0. The molecular weight excluding hydrogens is 302 g/mol. The largest absolute Gasteiger partial charge is 0.330 e. The van der Waals surface area contributed by atoms with Gasteiger partial charge in [0.15, 0.2) is 0 Å². The summed E-state index contributed by atoms with van der Waals surface area (Å²) in [5.41, 5.74) is 6.00. The maximum absolute atomic E-state index is 12.4. The van der Waals surface area contributed by atoms with Crippen LogP contribution in [0.1, 0.15) is 45.4 Å². The smallest absolute Gasteiger partial charge is 0.239 e. The van der Waals surface area contributed by atoms with Gasteiger partial charge >= 0.3 is 0 Å². The maximum atomic E-state index is 12.4. The predicted octanol–water partition coefficient (Wildman–Crippen LogP) is 2.07. The average Bonchev–Trinajstić information content (AvgIpc) is 3.16. The molecule has 1 amide bonds. The molecule has 2 aliphatic rings. The van der Waals surface area contributed by atoms with Crippen LogP contribution in [0.3, 0.4) is 0 Å². The van der Waals surface area contributed by atoms with Gasteiger partial charge in [0.05, 0.1) is 12.7 Å². The first kappa shape index (κ1) is 17.4. The van der Waals surface area contributed by atoms with Crippen LogP contribution in [-0.4, -0.2) is 46.8 Å². The first-order valence-corrected chi connectivity index (χ1v) is 9.32. The number of nitrogens with two attached hydrogens (primary N) is 1. The van der Waals surface area contributed by atoms with Gasteiger partial charge in [-0.1, -0.05) is 26.2 Å². The molecule has 1 aromatic rings. The summed E-state index contributed by atoms with van der Waals surface area (Å²) in [6, 6.07) is 1.90. The van der Waals surface area contributed by atoms with Crippen LogP contribution in [0.25, 0.3) is 0 Å². The second kappa shape index (κ2) is 7.66. The number of carbonyl (C=O) groups excluding carboxylic acids is 1. The van der Waals surface area contributed by atoms with Crippen molar-refractivity contribution in [2.75, 3.05) is 31.5 Å². The number of likely N-dealkylation sites (tertiary alicyclic amines) is 1. The molecule has 1 atom stereocenters. The van der Waals surface area contributed by atoms with E-state index in [9.17, 15) is 4.79 Å². The van der Waals surface area contributed by atoms with Crippen LogP contribution in [0.4, 0.5) is 5.82 Å². The van der Waals surface area contributed by atoms with Gasteiger partial charge in [0.25, 0.3) is 0 Å². The molecule has 1 saturated carbocycles. The summed E-state index contributed by atoms with van der Waals surface area (Å²) in [4.78, 5) is 14.6. The number of hydrogen-bond donors (Lipinski definition) is 2. The van der Waals surface area contributed by atoms with E-state index in [0.29, 0.717) is 19.0 Å². The van der Waals surface area contributed by atoms with E-state index in [1.165, 1.54) is 32.1 Å². The van der Waals surface area contributed by atoms with Crippen molar-refractivity contribution >= 4 is 11.7 Å². The summed E-state index contributed by atoms with van der Waals surface area (Å²) in [6.07, 6.45) is 9.40. The van der Waals surface area contributed by atoms with Crippen LogP contribution >= 0.6 is 0 Å². The summed E-state index contributed by atoms with van der Waals surface area (Å²) in [5.74, 6) is 1.56. The molecule has 1 saturated heterocycles. The lowest BCUT2D eigenvalue weighted by Gasteiger charge is -2.23. The topological polar surface area (TPSA) is 76.2 Å². The van der Waals surface area contributed by atoms with E-state index in [1.54, 1.807) is 6.20 Å². The van der Waals surface area contributed by atoms with Gasteiger partial charge in [-0.15, -0.1) is 0 Å². The van der Waals surface area contributed by atoms with Gasteiger partial charge < -0.3 is 11.1 Å². The van der Waals surface area contributed by atoms with Gasteiger partial charge in [-0.25, -0.2) is 4.68 Å². The molecule has 6 heteroatoms. The fourth-order valence-corrected chi connectivity index (χ4v) is 4.01. The van der Waals surface area contributed by atoms with Crippen molar-refractivity contribution in [2.45, 2.75) is 52.0 Å². The van der Waals surface area contributed by atoms with Crippen molar-refractivity contribution < 1.29 is 4.79 Å². The zero-order chi connectivity index (χ0) is 17.0. The van der Waals surface area contributed by atoms with E-state index < -0.39 is 0 Å². The molecule has 1 aliphatic heterocycles. The standard InChI is InChI=1S/C18H31N5O/c1-18(13-19)8-10-22(14-18)12-17(24)21-16-7-9-20-23(16)11-15-5-3-2-4-6-15/h7,9,15H,2-6,8,10-14,19H2,1H3,(H,21,24). The van der Waals surface area contributed by atoms with Crippen molar-refractivity contribution in [1.29, 1.82) is 0 Å². The Morgan fingerprint density at radius 3 is 2.92 bits per heavy atom. The molecule has 1 aliphatic carbocycles. The van der Waals surface area contributed by atoms with E-state index in [4.69, 9.17) is 5.73 Å². The fourth-order valence-electron chi connectivity index (χ4n) is 4.01. The Morgan fingerprint density at radius 1 is 1.42 bits per heavy atom. The Hall–Kier alpha value is -1.40. The minimum absolute atomic E-state index is 0.0432. The Bertz CT molecular complexity index is 551. The first-order chi connectivity index (χ1) is 11.6. The van der Waals surface area contributed by atoms with E-state index in [-0.39, 0.29) is 11.3 Å². The van der Waals surface area contributed by atoms with Crippen LogP contribution in [0.5, 0.6) is 0 Å². The summed E-state index contributed by atoms with van der Waals surface area (Å²) in [6.45, 7) is 6.08. The zero-order valence-corrected chi connectivity index (χ0v) is 14.8. The van der Waals surface area contributed by atoms with Gasteiger partial charge in [0, 0.05) is 19.2 Å². The molecule has 0 aromatic carbocycles. The van der Waals surface area contributed by atoms with Gasteiger partial charge in [0.2, 0.25) is 5.91 Å². The Kier molecular flexibility index (Phi) is 5.56. The molecule has 1 aromatic heterocycles. The van der Waals surface area contributed by atoms with Crippen molar-refractivity contribution in [3.63, 3.8) is 0 Å². The van der Waals surface area contributed by atoms with E-state index >= 15 is 0 Å². The molecule has 2 fully saturated rings. The highest BCUT2D eigenvalue weighted by Gasteiger charge is 2.33. The third-order valence-corrected chi connectivity index (χ3v) is 5.64. The molecule has 0 radical (unpaired) electrons. The first-order valence-electron chi connectivity index (χ1n) is 9.32. The van der Waals surface area contributed by atoms with Crippen LogP contribution in [0.2, 0.25) is 0 Å². The number of carbonyl (C=O) groups is 1. The molecular formula is C18H31N5O. The summed E-state index contributed by atoms with van der Waals surface area (Å²) in [5, 5.41) is 7.44. The van der Waals surface area contributed by atoms with Crippen LogP contribution < -0.4 is 11.1 Å². The number of rotatable bonds is 6. The summed E-state index contributed by atoms with van der Waals surface area (Å²) < 4.78 is 1.96. The average molecular weight is 333 g/mol. The van der Waals surface area contributed by atoms with Crippen molar-refractivity contribution in [2.24, 2.45) is 17.1 Å². The number of hydrogen-bond acceptors (Lipinski definition) is 4. The van der Waals surface area contributed by atoms with Crippen molar-refractivity contribution in [3.8, 4) is 0 Å². The minimum atomic E-state index is 0.0432. The Labute approximate surface area is 144 Å². The van der Waals surface area contributed by atoms with Crippen LogP contribution in [0, 0.1) is 11.3 Å². The third kappa shape index (κ3) is 4.36. The van der Waals surface area contributed by atoms with Gasteiger partial charge in [-0.05, 0) is 43.7 Å². The van der Waals surface area contributed by atoms with Gasteiger partial charge in [-0.3, -0.25) is 9.69 Å². The number of amides is 1. The molecule has 3 N–H and O–H groups in total. The lowest BCUT2D eigenvalue weighted by molar-refractivity contribution is -0.117. The fraction of sp³-hybridized carbons (Fsp3) is 0.778. The molecule has 134 valence electrons. The zero-order valence-electron chi connectivity index (χ0n) is 14.8. The van der Waals surface area contributed by atoms with Crippen LogP contribution in [0.15, 0.2) is 12.3 Å². The van der Waals surface area contributed by atoms with Gasteiger partial charge in [0.1, 0.15) is 5.82 Å². The minimum Gasteiger partial charge on any atom is -0.330 e. The second-order valence-electron chi connectivity index (χ2n) is 7.93. The number of anilines is 1. The lowest BCUT2D eigenvalue weighted by atomic mass is 9.89. The normalized spacial score (nSPS) is 25.9. The summed E-state index contributed by atoms with van der Waals surface area (Å²) in [7, 11) is 0. The predicted molar refractivity (Wildman–Crippen MR) is 95.7 cm³/mol. The van der Waals surface area contributed by atoms with E-state index in [0.717, 1.165) is 31.9 Å². The maximum Gasteiger partial charge on any atom is 0.239 e. The highest BCUT2D eigenvalue weighted by Crippen LogP contribution is 2.28. The third-order valence-electron chi connectivity index (χ3n) is 5.64.